The lowest BCUT2D eigenvalue weighted by molar-refractivity contribution is -0.384. The number of non-ortho nitro benzene ring substituents is 1. The number of nitrogens with zero attached hydrogens (tertiary/aromatic N) is 1. The highest BCUT2D eigenvalue weighted by molar-refractivity contribution is 9.10. The largest absolute Gasteiger partial charge is 0.495 e. The van der Waals surface area contributed by atoms with Crippen LogP contribution in [-0.4, -0.2) is 30.5 Å². The van der Waals surface area contributed by atoms with Gasteiger partial charge in [0.2, 0.25) is 0 Å². The molecule has 0 saturated heterocycles. The first-order valence-corrected chi connectivity index (χ1v) is 7.91. The topological polar surface area (TPSA) is 121 Å². The van der Waals surface area contributed by atoms with E-state index >= 15 is 0 Å². The highest BCUT2D eigenvalue weighted by atomic mass is 79.9. The Labute approximate surface area is 155 Å². The first-order valence-electron chi connectivity index (χ1n) is 7.11. The van der Waals surface area contributed by atoms with Gasteiger partial charge in [-0.3, -0.25) is 14.9 Å². The van der Waals surface area contributed by atoms with Crippen molar-refractivity contribution in [2.24, 2.45) is 0 Å². The molecule has 2 rings (SSSR count). The summed E-state index contributed by atoms with van der Waals surface area (Å²) in [6.07, 6.45) is 2.49. The number of hydrogen-bond acceptors (Lipinski definition) is 7. The number of nitrogens with one attached hydrogen (secondary N) is 1. The quantitative estimate of drug-likeness (QED) is 0.313. The number of furan rings is 1. The second kappa shape index (κ2) is 8.81. The van der Waals surface area contributed by atoms with Crippen molar-refractivity contribution < 1.29 is 28.4 Å². The third-order valence-electron chi connectivity index (χ3n) is 2.99. The molecule has 0 spiro atoms. The van der Waals surface area contributed by atoms with Crippen LogP contribution in [0.3, 0.4) is 0 Å². The Morgan fingerprint density at radius 1 is 1.35 bits per heavy atom. The van der Waals surface area contributed by atoms with Gasteiger partial charge in [-0.25, -0.2) is 4.79 Å². The summed E-state index contributed by atoms with van der Waals surface area (Å²) in [6, 6.07) is 7.03. The van der Waals surface area contributed by atoms with E-state index in [-0.39, 0.29) is 17.1 Å². The molecule has 10 heteroatoms. The fourth-order valence-corrected chi connectivity index (χ4v) is 2.17. The van der Waals surface area contributed by atoms with Gasteiger partial charge in [0, 0.05) is 18.2 Å². The number of halogens is 1. The Kier molecular flexibility index (Phi) is 6.50. The summed E-state index contributed by atoms with van der Waals surface area (Å²) in [5.41, 5.74) is -0.121. The van der Waals surface area contributed by atoms with E-state index in [4.69, 9.17) is 13.9 Å². The molecule has 2 aromatic rings. The van der Waals surface area contributed by atoms with E-state index in [0.29, 0.717) is 10.4 Å². The first kappa shape index (κ1) is 19.2. The van der Waals surface area contributed by atoms with Crippen molar-refractivity contribution in [3.8, 4) is 5.75 Å². The number of amides is 1. The molecule has 0 aliphatic heterocycles. The molecule has 1 aromatic carbocycles. The molecule has 0 unspecified atom stereocenters. The van der Waals surface area contributed by atoms with E-state index in [1.165, 1.54) is 25.3 Å². The van der Waals surface area contributed by atoms with Gasteiger partial charge in [0.05, 0.1) is 17.7 Å². The minimum absolute atomic E-state index is 0.0960. The molecule has 1 aromatic heterocycles. The third kappa shape index (κ3) is 5.45. The number of carbonyl (C=O) groups excluding carboxylic acids is 2. The number of carbonyl (C=O) groups is 2. The van der Waals surface area contributed by atoms with Crippen LogP contribution in [0, 0.1) is 10.1 Å². The lowest BCUT2D eigenvalue weighted by atomic mass is 10.2. The molecule has 1 amide bonds. The smallest absolute Gasteiger partial charge is 0.331 e. The summed E-state index contributed by atoms with van der Waals surface area (Å²) in [5, 5.41) is 13.2. The predicted molar refractivity (Wildman–Crippen MR) is 94.7 cm³/mol. The van der Waals surface area contributed by atoms with Crippen molar-refractivity contribution in [1.82, 2.24) is 0 Å². The molecule has 0 radical (unpaired) electrons. The van der Waals surface area contributed by atoms with Crippen LogP contribution in [-0.2, 0) is 14.3 Å². The van der Waals surface area contributed by atoms with Gasteiger partial charge in [-0.2, -0.15) is 0 Å². The van der Waals surface area contributed by atoms with E-state index in [2.05, 4.69) is 21.2 Å². The predicted octanol–water partition coefficient (Wildman–Crippen LogP) is 3.15. The Morgan fingerprint density at radius 3 is 2.73 bits per heavy atom. The third-order valence-corrected chi connectivity index (χ3v) is 3.42. The molecular weight excluding hydrogens is 412 g/mol. The van der Waals surface area contributed by atoms with Crippen LogP contribution in [0.1, 0.15) is 5.76 Å². The van der Waals surface area contributed by atoms with E-state index in [1.54, 1.807) is 12.1 Å². The van der Waals surface area contributed by atoms with Crippen molar-refractivity contribution in [1.29, 1.82) is 0 Å². The van der Waals surface area contributed by atoms with Crippen LogP contribution in [0.4, 0.5) is 11.4 Å². The van der Waals surface area contributed by atoms with Crippen molar-refractivity contribution in [3.05, 3.63) is 57.0 Å². The molecule has 0 fully saturated rings. The number of methoxy groups -OCH3 is 1. The maximum absolute atomic E-state index is 11.9. The maximum atomic E-state index is 11.9. The van der Waals surface area contributed by atoms with Crippen LogP contribution >= 0.6 is 15.9 Å². The molecular formula is C16H13BrN2O7. The lowest BCUT2D eigenvalue weighted by Crippen LogP contribution is -2.20. The van der Waals surface area contributed by atoms with Gasteiger partial charge in [0.1, 0.15) is 11.5 Å². The standard InChI is InChI=1S/C16H13BrN2O7/c1-24-13-5-2-10(19(22)23)8-12(13)18-15(20)9-25-16(21)7-4-11-3-6-14(17)26-11/h2-8H,9H2,1H3,(H,18,20)/b7-4+. The van der Waals surface area contributed by atoms with E-state index < -0.39 is 23.4 Å². The average Bonchev–Trinajstić information content (AvgIpc) is 3.03. The Morgan fingerprint density at radius 2 is 2.12 bits per heavy atom. The molecule has 0 bridgehead atoms. The van der Waals surface area contributed by atoms with Crippen LogP contribution in [0.2, 0.25) is 0 Å². The second-order valence-electron chi connectivity index (χ2n) is 4.77. The first-order chi connectivity index (χ1) is 12.4. The number of rotatable bonds is 7. The fourth-order valence-electron chi connectivity index (χ4n) is 1.85. The van der Waals surface area contributed by atoms with Gasteiger partial charge < -0.3 is 19.2 Å². The monoisotopic (exact) mass is 424 g/mol. The Balaban J connectivity index is 1.92. The molecule has 1 heterocycles. The van der Waals surface area contributed by atoms with Crippen molar-refractivity contribution >= 4 is 45.3 Å². The van der Waals surface area contributed by atoms with E-state index in [9.17, 15) is 19.7 Å². The van der Waals surface area contributed by atoms with Crippen LogP contribution in [0.25, 0.3) is 6.08 Å². The summed E-state index contributed by atoms with van der Waals surface area (Å²) >= 11 is 3.12. The summed E-state index contributed by atoms with van der Waals surface area (Å²) in [4.78, 5) is 33.7. The minimum Gasteiger partial charge on any atom is -0.495 e. The summed E-state index contributed by atoms with van der Waals surface area (Å²) in [5.74, 6) is -0.761. The average molecular weight is 425 g/mol. The summed E-state index contributed by atoms with van der Waals surface area (Å²) < 4.78 is 15.5. The molecule has 1 N–H and O–H groups in total. The number of esters is 1. The number of anilines is 1. The SMILES string of the molecule is COc1ccc([N+](=O)[O-])cc1NC(=O)COC(=O)/C=C/c1ccc(Br)o1. The van der Waals surface area contributed by atoms with Gasteiger partial charge in [0.25, 0.3) is 11.6 Å². The zero-order valence-electron chi connectivity index (χ0n) is 13.4. The van der Waals surface area contributed by atoms with E-state index in [1.807, 2.05) is 0 Å². The molecule has 0 saturated carbocycles. The molecule has 0 aliphatic carbocycles. The number of nitro groups is 1. The van der Waals surface area contributed by atoms with Crippen LogP contribution in [0.15, 0.2) is 45.5 Å². The zero-order valence-corrected chi connectivity index (χ0v) is 15.0. The Bertz CT molecular complexity index is 860. The molecule has 0 atom stereocenters. The normalized spacial score (nSPS) is 10.5. The molecule has 0 aliphatic rings. The highest BCUT2D eigenvalue weighted by Gasteiger charge is 2.14. The molecule has 9 nitrogen and oxygen atoms in total. The number of ether oxygens (including phenoxy) is 2. The Hall–Kier alpha value is -3.14. The number of nitro benzene ring substituents is 1. The van der Waals surface area contributed by atoms with Gasteiger partial charge in [-0.05, 0) is 40.2 Å². The van der Waals surface area contributed by atoms with E-state index in [0.717, 1.165) is 12.1 Å². The second-order valence-corrected chi connectivity index (χ2v) is 5.55. The van der Waals surface area contributed by atoms with Gasteiger partial charge >= 0.3 is 5.97 Å². The van der Waals surface area contributed by atoms with Crippen molar-refractivity contribution in [3.63, 3.8) is 0 Å². The number of hydrogen-bond donors (Lipinski definition) is 1. The number of benzene rings is 1. The summed E-state index contributed by atoms with van der Waals surface area (Å²) in [7, 11) is 1.36. The van der Waals surface area contributed by atoms with Crippen LogP contribution < -0.4 is 10.1 Å². The molecule has 26 heavy (non-hydrogen) atoms. The highest BCUT2D eigenvalue weighted by Crippen LogP contribution is 2.28. The van der Waals surface area contributed by atoms with Gasteiger partial charge in [-0.1, -0.05) is 0 Å². The van der Waals surface area contributed by atoms with Crippen molar-refractivity contribution in [2.45, 2.75) is 0 Å². The fraction of sp³-hybridized carbons (Fsp3) is 0.125. The van der Waals surface area contributed by atoms with Crippen LogP contribution in [0.5, 0.6) is 5.75 Å². The minimum atomic E-state index is -0.751. The molecule has 136 valence electrons. The summed E-state index contributed by atoms with van der Waals surface area (Å²) in [6.45, 7) is -0.573. The van der Waals surface area contributed by atoms with Gasteiger partial charge in [-0.15, -0.1) is 0 Å². The van der Waals surface area contributed by atoms with Crippen molar-refractivity contribution in [2.75, 3.05) is 19.0 Å². The van der Waals surface area contributed by atoms with Gasteiger partial charge in [0.15, 0.2) is 11.3 Å². The lowest BCUT2D eigenvalue weighted by Gasteiger charge is -2.09. The maximum Gasteiger partial charge on any atom is 0.331 e. The zero-order chi connectivity index (χ0) is 19.1.